The molecule has 1 unspecified atom stereocenters. The van der Waals surface area contributed by atoms with Crippen molar-refractivity contribution in [3.8, 4) is 11.4 Å². The number of nitrogens with one attached hydrogen (secondary N) is 1. The number of H-pyrrole nitrogens is 1. The normalized spacial score (nSPS) is 20.3. The number of nitrogen functional groups attached to an aromatic ring is 1. The fraction of sp³-hybridized carbons (Fsp3) is 0.318. The van der Waals surface area contributed by atoms with Crippen molar-refractivity contribution in [3.63, 3.8) is 0 Å². The molecular formula is C22H22N6O2. The van der Waals surface area contributed by atoms with E-state index in [2.05, 4.69) is 15.0 Å². The largest absolute Gasteiger partial charge is 0.384 e. The monoisotopic (exact) mass is 402 g/mol. The molecule has 30 heavy (non-hydrogen) atoms. The lowest BCUT2D eigenvalue weighted by molar-refractivity contribution is 0.0627. The van der Waals surface area contributed by atoms with Gasteiger partial charge in [0.2, 0.25) is 0 Å². The molecule has 1 saturated heterocycles. The Kier molecular flexibility index (Phi) is 4.34. The van der Waals surface area contributed by atoms with E-state index in [1.54, 1.807) is 30.6 Å². The third-order valence-corrected chi connectivity index (χ3v) is 6.16. The van der Waals surface area contributed by atoms with Gasteiger partial charge in [-0.1, -0.05) is 6.07 Å². The second-order valence-electron chi connectivity index (χ2n) is 8.04. The third-order valence-electron chi connectivity index (χ3n) is 6.16. The van der Waals surface area contributed by atoms with Crippen LogP contribution in [0.1, 0.15) is 41.0 Å². The van der Waals surface area contributed by atoms with Gasteiger partial charge in [0.1, 0.15) is 17.3 Å². The molecular weight excluding hydrogens is 380 g/mol. The SMILES string of the molecule is Nc1cccc(C(=O)N2CCCC3(CCc4c3nc(-c3cccnc3)[nH]c4=O)C2)n1. The van der Waals surface area contributed by atoms with Crippen LogP contribution in [0.3, 0.4) is 0 Å². The Morgan fingerprint density at radius 2 is 2.07 bits per heavy atom. The fourth-order valence-corrected chi connectivity index (χ4v) is 4.73. The van der Waals surface area contributed by atoms with Crippen molar-refractivity contribution in [2.75, 3.05) is 18.8 Å². The van der Waals surface area contributed by atoms with E-state index in [1.165, 1.54) is 0 Å². The van der Waals surface area contributed by atoms with Crippen LogP contribution >= 0.6 is 0 Å². The Morgan fingerprint density at radius 1 is 1.17 bits per heavy atom. The molecule has 1 fully saturated rings. The summed E-state index contributed by atoms with van der Waals surface area (Å²) in [6.45, 7) is 1.18. The summed E-state index contributed by atoms with van der Waals surface area (Å²) in [5, 5.41) is 0. The summed E-state index contributed by atoms with van der Waals surface area (Å²) < 4.78 is 0. The number of carbonyl (C=O) groups excluding carboxylic acids is 1. The van der Waals surface area contributed by atoms with E-state index in [4.69, 9.17) is 10.7 Å². The average molecular weight is 402 g/mol. The maximum absolute atomic E-state index is 13.1. The van der Waals surface area contributed by atoms with Gasteiger partial charge in [0.25, 0.3) is 11.5 Å². The Bertz CT molecular complexity index is 1180. The van der Waals surface area contributed by atoms with E-state index in [9.17, 15) is 9.59 Å². The molecule has 8 nitrogen and oxygen atoms in total. The molecule has 1 aliphatic carbocycles. The van der Waals surface area contributed by atoms with Crippen LogP contribution in [-0.4, -0.2) is 43.8 Å². The molecule has 152 valence electrons. The van der Waals surface area contributed by atoms with Gasteiger partial charge in [0, 0.05) is 42.0 Å². The van der Waals surface area contributed by atoms with Crippen LogP contribution in [0, 0.1) is 0 Å². The van der Waals surface area contributed by atoms with Gasteiger partial charge in [0.15, 0.2) is 0 Å². The molecule has 4 heterocycles. The Balaban J connectivity index is 1.51. The Labute approximate surface area is 173 Å². The number of carbonyl (C=O) groups is 1. The summed E-state index contributed by atoms with van der Waals surface area (Å²) in [4.78, 5) is 43.8. The number of likely N-dealkylation sites (tertiary alicyclic amines) is 1. The van der Waals surface area contributed by atoms with Crippen LogP contribution < -0.4 is 11.3 Å². The van der Waals surface area contributed by atoms with Crippen LogP contribution in [0.5, 0.6) is 0 Å². The Morgan fingerprint density at radius 3 is 2.87 bits per heavy atom. The number of anilines is 1. The number of pyridine rings is 2. The second-order valence-corrected chi connectivity index (χ2v) is 8.04. The number of nitrogens with two attached hydrogens (primary N) is 1. The van der Waals surface area contributed by atoms with Crippen LogP contribution in [0.15, 0.2) is 47.5 Å². The van der Waals surface area contributed by atoms with E-state index in [0.29, 0.717) is 36.8 Å². The van der Waals surface area contributed by atoms with E-state index in [-0.39, 0.29) is 16.9 Å². The highest BCUT2D eigenvalue weighted by Gasteiger charge is 2.46. The first kappa shape index (κ1) is 18.5. The zero-order valence-electron chi connectivity index (χ0n) is 16.5. The van der Waals surface area contributed by atoms with Crippen LogP contribution in [0.4, 0.5) is 5.82 Å². The Hall–Kier alpha value is -3.55. The van der Waals surface area contributed by atoms with Gasteiger partial charge in [-0.15, -0.1) is 0 Å². The summed E-state index contributed by atoms with van der Waals surface area (Å²) in [5.74, 6) is 0.717. The van der Waals surface area contributed by atoms with Gasteiger partial charge < -0.3 is 15.6 Å². The van der Waals surface area contributed by atoms with Crippen molar-refractivity contribution in [1.29, 1.82) is 0 Å². The average Bonchev–Trinajstić information content (AvgIpc) is 3.12. The molecule has 1 spiro atoms. The van der Waals surface area contributed by atoms with Crippen molar-refractivity contribution >= 4 is 11.7 Å². The molecule has 3 N–H and O–H groups in total. The molecule has 0 aromatic carbocycles. The molecule has 1 aliphatic heterocycles. The minimum atomic E-state index is -0.311. The van der Waals surface area contributed by atoms with E-state index < -0.39 is 0 Å². The smallest absolute Gasteiger partial charge is 0.272 e. The van der Waals surface area contributed by atoms with E-state index >= 15 is 0 Å². The van der Waals surface area contributed by atoms with Crippen molar-refractivity contribution in [2.45, 2.75) is 31.1 Å². The quantitative estimate of drug-likeness (QED) is 0.676. The number of hydrogen-bond donors (Lipinski definition) is 2. The lowest BCUT2D eigenvalue weighted by Crippen LogP contribution is -2.48. The highest BCUT2D eigenvalue weighted by atomic mass is 16.2. The predicted molar refractivity (Wildman–Crippen MR) is 112 cm³/mol. The number of aromatic nitrogens is 4. The molecule has 5 rings (SSSR count). The fourth-order valence-electron chi connectivity index (χ4n) is 4.73. The molecule has 3 aromatic rings. The van der Waals surface area contributed by atoms with Gasteiger partial charge in [-0.25, -0.2) is 9.97 Å². The van der Waals surface area contributed by atoms with Crippen molar-refractivity contribution in [2.24, 2.45) is 0 Å². The van der Waals surface area contributed by atoms with Crippen molar-refractivity contribution in [3.05, 3.63) is 70.0 Å². The van der Waals surface area contributed by atoms with Gasteiger partial charge in [-0.3, -0.25) is 14.6 Å². The maximum atomic E-state index is 13.1. The van der Waals surface area contributed by atoms with E-state index in [1.807, 2.05) is 17.0 Å². The topological polar surface area (TPSA) is 118 Å². The first-order valence-electron chi connectivity index (χ1n) is 10.1. The second kappa shape index (κ2) is 7.05. The standard InChI is InChI=1S/C22H22N6O2/c23-17-6-1-5-16(25-17)21(30)28-11-3-8-22(13-28)9-7-15-18(22)26-19(27-20(15)29)14-4-2-10-24-12-14/h1-2,4-6,10,12H,3,7-9,11,13H2,(H2,23,25)(H,26,27,29). The number of nitrogens with zero attached hydrogens (tertiary/aromatic N) is 4. The summed E-state index contributed by atoms with van der Waals surface area (Å²) in [7, 11) is 0. The molecule has 8 heteroatoms. The summed E-state index contributed by atoms with van der Waals surface area (Å²) >= 11 is 0. The number of aromatic amines is 1. The zero-order chi connectivity index (χ0) is 20.7. The maximum Gasteiger partial charge on any atom is 0.272 e. The van der Waals surface area contributed by atoms with E-state index in [0.717, 1.165) is 36.1 Å². The molecule has 1 atom stereocenters. The highest BCUT2D eigenvalue weighted by Crippen LogP contribution is 2.43. The number of fused-ring (bicyclic) bond motifs is 2. The lowest BCUT2D eigenvalue weighted by Gasteiger charge is -2.40. The zero-order valence-corrected chi connectivity index (χ0v) is 16.5. The van der Waals surface area contributed by atoms with Gasteiger partial charge >= 0.3 is 0 Å². The lowest BCUT2D eigenvalue weighted by atomic mass is 9.77. The van der Waals surface area contributed by atoms with Crippen molar-refractivity contribution in [1.82, 2.24) is 24.8 Å². The summed E-state index contributed by atoms with van der Waals surface area (Å²) in [6, 6.07) is 8.78. The first-order chi connectivity index (χ1) is 14.6. The minimum absolute atomic E-state index is 0.100. The molecule has 0 saturated carbocycles. The van der Waals surface area contributed by atoms with Gasteiger partial charge in [0.05, 0.1) is 5.69 Å². The molecule has 2 aliphatic rings. The molecule has 3 aromatic heterocycles. The van der Waals surface area contributed by atoms with Gasteiger partial charge in [-0.2, -0.15) is 0 Å². The van der Waals surface area contributed by atoms with Gasteiger partial charge in [-0.05, 0) is 49.9 Å². The predicted octanol–water partition coefficient (Wildman–Crippen LogP) is 1.93. The summed E-state index contributed by atoms with van der Waals surface area (Å²) in [5.41, 5.74) is 8.02. The first-order valence-corrected chi connectivity index (χ1v) is 10.1. The highest BCUT2D eigenvalue weighted by molar-refractivity contribution is 5.92. The molecule has 0 bridgehead atoms. The van der Waals surface area contributed by atoms with Crippen LogP contribution in [-0.2, 0) is 11.8 Å². The number of piperidine rings is 1. The van der Waals surface area contributed by atoms with Crippen LogP contribution in [0.25, 0.3) is 11.4 Å². The summed E-state index contributed by atoms with van der Waals surface area (Å²) in [6.07, 6.45) is 6.60. The molecule has 1 amide bonds. The number of amides is 1. The number of rotatable bonds is 2. The third kappa shape index (κ3) is 3.04. The van der Waals surface area contributed by atoms with Crippen molar-refractivity contribution < 1.29 is 4.79 Å². The number of hydrogen-bond acceptors (Lipinski definition) is 6. The molecule has 0 radical (unpaired) electrons. The minimum Gasteiger partial charge on any atom is -0.384 e. The van der Waals surface area contributed by atoms with Crippen LogP contribution in [0.2, 0.25) is 0 Å².